The largest absolute Gasteiger partial charge is 0.338 e. The molecule has 3 heterocycles. The Bertz CT molecular complexity index is 1030. The fourth-order valence-corrected chi connectivity index (χ4v) is 4.27. The summed E-state index contributed by atoms with van der Waals surface area (Å²) in [5.41, 5.74) is 1.98. The quantitative estimate of drug-likeness (QED) is 0.676. The van der Waals surface area contributed by atoms with Gasteiger partial charge in [-0.2, -0.15) is 5.10 Å². The van der Waals surface area contributed by atoms with E-state index in [0.717, 1.165) is 18.5 Å². The number of thiazole rings is 1. The summed E-state index contributed by atoms with van der Waals surface area (Å²) < 4.78 is 14.9. The van der Waals surface area contributed by atoms with E-state index in [2.05, 4.69) is 15.4 Å². The fourth-order valence-electron chi connectivity index (χ4n) is 3.74. The van der Waals surface area contributed by atoms with Crippen molar-refractivity contribution in [3.8, 4) is 5.69 Å². The second-order valence-electron chi connectivity index (χ2n) is 7.16. The van der Waals surface area contributed by atoms with Crippen LogP contribution in [0.2, 0.25) is 0 Å². The summed E-state index contributed by atoms with van der Waals surface area (Å²) in [5, 5.41) is 9.56. The number of piperidine rings is 1. The van der Waals surface area contributed by atoms with Crippen LogP contribution >= 0.6 is 11.3 Å². The maximum absolute atomic E-state index is 13.3. The summed E-state index contributed by atoms with van der Waals surface area (Å²) in [6.45, 7) is 2.92. The number of hydrogen-bond donors (Lipinski definition) is 1. The van der Waals surface area contributed by atoms with Crippen LogP contribution in [0.3, 0.4) is 0 Å². The number of carbonyl (C=O) groups excluding carboxylic acids is 2. The van der Waals surface area contributed by atoms with E-state index >= 15 is 0 Å². The van der Waals surface area contributed by atoms with Crippen molar-refractivity contribution in [3.05, 3.63) is 59.1 Å². The number of amides is 2. The van der Waals surface area contributed by atoms with E-state index in [1.165, 1.54) is 23.5 Å². The fraction of sp³-hybridized carbons (Fsp3) is 0.333. The molecule has 1 aromatic carbocycles. The van der Waals surface area contributed by atoms with Crippen molar-refractivity contribution in [3.63, 3.8) is 0 Å². The molecule has 0 bridgehead atoms. The molecule has 9 heteroatoms. The summed E-state index contributed by atoms with van der Waals surface area (Å²) in [6.07, 6.45) is 5.29. The monoisotopic (exact) mass is 427 g/mol. The lowest BCUT2D eigenvalue weighted by molar-refractivity contribution is -0.121. The Balaban J connectivity index is 1.51. The Kier molecular flexibility index (Phi) is 5.89. The van der Waals surface area contributed by atoms with Crippen molar-refractivity contribution in [2.75, 3.05) is 18.4 Å². The molecule has 1 aliphatic heterocycles. The van der Waals surface area contributed by atoms with Crippen LogP contribution in [0.25, 0.3) is 5.69 Å². The van der Waals surface area contributed by atoms with Gasteiger partial charge in [0.15, 0.2) is 5.13 Å². The Labute approximate surface area is 177 Å². The van der Waals surface area contributed by atoms with E-state index in [-0.39, 0.29) is 23.5 Å². The van der Waals surface area contributed by atoms with Crippen molar-refractivity contribution in [2.45, 2.75) is 26.2 Å². The summed E-state index contributed by atoms with van der Waals surface area (Å²) in [7, 11) is 0. The third-order valence-corrected chi connectivity index (χ3v) is 5.94. The minimum Gasteiger partial charge on any atom is -0.338 e. The maximum atomic E-state index is 13.3. The maximum Gasteiger partial charge on any atom is 0.257 e. The van der Waals surface area contributed by atoms with Crippen molar-refractivity contribution in [1.29, 1.82) is 0 Å². The molecular formula is C21H22FN5O2S. The number of benzene rings is 1. The molecule has 4 rings (SSSR count). The van der Waals surface area contributed by atoms with Gasteiger partial charge in [-0.25, -0.2) is 14.1 Å². The molecule has 1 saturated heterocycles. The highest BCUT2D eigenvalue weighted by Gasteiger charge is 2.31. The number of aromatic nitrogens is 3. The molecule has 2 amide bonds. The second-order valence-corrected chi connectivity index (χ2v) is 8.06. The summed E-state index contributed by atoms with van der Waals surface area (Å²) >= 11 is 1.37. The highest BCUT2D eigenvalue weighted by molar-refractivity contribution is 7.13. The topological polar surface area (TPSA) is 80.1 Å². The summed E-state index contributed by atoms with van der Waals surface area (Å²) in [6, 6.07) is 6.01. The molecule has 0 saturated carbocycles. The van der Waals surface area contributed by atoms with Gasteiger partial charge >= 0.3 is 0 Å². The third-order valence-electron chi connectivity index (χ3n) is 5.25. The average molecular weight is 428 g/mol. The molecule has 7 nitrogen and oxygen atoms in total. The highest BCUT2D eigenvalue weighted by atomic mass is 32.1. The molecular weight excluding hydrogens is 405 g/mol. The zero-order chi connectivity index (χ0) is 21.1. The Morgan fingerprint density at radius 1 is 1.30 bits per heavy atom. The number of halogens is 1. The van der Waals surface area contributed by atoms with Crippen LogP contribution in [0, 0.1) is 11.7 Å². The number of likely N-dealkylation sites (tertiary alicyclic amines) is 1. The van der Waals surface area contributed by atoms with E-state index in [0.29, 0.717) is 35.9 Å². The zero-order valence-corrected chi connectivity index (χ0v) is 17.4. The number of hydrogen-bond acceptors (Lipinski definition) is 5. The molecule has 0 spiro atoms. The smallest absolute Gasteiger partial charge is 0.257 e. The van der Waals surface area contributed by atoms with Crippen LogP contribution in [-0.4, -0.2) is 44.6 Å². The van der Waals surface area contributed by atoms with Crippen LogP contribution in [0.5, 0.6) is 0 Å². The van der Waals surface area contributed by atoms with Gasteiger partial charge in [0.25, 0.3) is 5.91 Å². The van der Waals surface area contributed by atoms with E-state index in [4.69, 9.17) is 0 Å². The first-order chi connectivity index (χ1) is 14.6. The van der Waals surface area contributed by atoms with Gasteiger partial charge in [-0.1, -0.05) is 6.92 Å². The minimum atomic E-state index is -0.323. The van der Waals surface area contributed by atoms with Crippen LogP contribution in [-0.2, 0) is 11.2 Å². The lowest BCUT2D eigenvalue weighted by atomic mass is 9.96. The Hall–Kier alpha value is -3.07. The molecule has 1 atom stereocenters. The van der Waals surface area contributed by atoms with Gasteiger partial charge in [0.2, 0.25) is 5.91 Å². The van der Waals surface area contributed by atoms with Crippen molar-refractivity contribution >= 4 is 28.3 Å². The van der Waals surface area contributed by atoms with Gasteiger partial charge in [0, 0.05) is 24.7 Å². The number of rotatable bonds is 5. The summed E-state index contributed by atoms with van der Waals surface area (Å²) in [4.78, 5) is 31.6. The predicted octanol–water partition coefficient (Wildman–Crippen LogP) is 3.52. The molecule has 0 aliphatic carbocycles. The van der Waals surface area contributed by atoms with E-state index < -0.39 is 0 Å². The van der Waals surface area contributed by atoms with Crippen LogP contribution < -0.4 is 5.32 Å². The van der Waals surface area contributed by atoms with E-state index in [9.17, 15) is 14.0 Å². The molecule has 2 aromatic heterocycles. The van der Waals surface area contributed by atoms with Gasteiger partial charge in [0.1, 0.15) is 5.82 Å². The summed E-state index contributed by atoms with van der Waals surface area (Å²) in [5.74, 6) is -0.841. The molecule has 30 heavy (non-hydrogen) atoms. The van der Waals surface area contributed by atoms with Gasteiger partial charge in [-0.05, 0) is 43.5 Å². The number of nitrogens with zero attached hydrogens (tertiary/aromatic N) is 4. The number of carbonyl (C=O) groups is 2. The first-order valence-electron chi connectivity index (χ1n) is 9.89. The van der Waals surface area contributed by atoms with Gasteiger partial charge in [-0.3, -0.25) is 9.59 Å². The van der Waals surface area contributed by atoms with Gasteiger partial charge in [0.05, 0.1) is 29.1 Å². The number of nitrogens with one attached hydrogen (secondary N) is 1. The van der Waals surface area contributed by atoms with Gasteiger partial charge in [-0.15, -0.1) is 11.3 Å². The lowest BCUT2D eigenvalue weighted by Gasteiger charge is -2.32. The van der Waals surface area contributed by atoms with E-state index in [1.54, 1.807) is 39.5 Å². The molecule has 1 N–H and O–H groups in total. The molecule has 3 aromatic rings. The SMILES string of the molecule is CCc1c(C(=O)N2CCCC(C(=O)Nc3nccs3)C2)cnn1-c1ccc(F)cc1. The standard InChI is InChI=1S/C21H22FN5O2S/c1-2-18-17(12-24-27(18)16-7-5-15(22)6-8-16)20(29)26-10-3-4-14(13-26)19(28)25-21-23-9-11-30-21/h5-9,11-12,14H,2-4,10,13H2,1H3,(H,23,25,28). The van der Waals surface area contributed by atoms with E-state index in [1.807, 2.05) is 6.92 Å². The Morgan fingerprint density at radius 3 is 2.80 bits per heavy atom. The highest BCUT2D eigenvalue weighted by Crippen LogP contribution is 2.23. The van der Waals surface area contributed by atoms with Crippen LogP contribution in [0.15, 0.2) is 42.0 Å². The average Bonchev–Trinajstić information content (AvgIpc) is 3.43. The lowest BCUT2D eigenvalue weighted by Crippen LogP contribution is -2.44. The van der Waals surface area contributed by atoms with Crippen molar-refractivity contribution in [2.24, 2.45) is 5.92 Å². The zero-order valence-electron chi connectivity index (χ0n) is 16.5. The van der Waals surface area contributed by atoms with Gasteiger partial charge < -0.3 is 10.2 Å². The first kappa shape index (κ1) is 20.2. The van der Waals surface area contributed by atoms with Crippen molar-refractivity contribution < 1.29 is 14.0 Å². The minimum absolute atomic E-state index is 0.111. The Morgan fingerprint density at radius 2 is 2.10 bits per heavy atom. The molecule has 1 unspecified atom stereocenters. The second kappa shape index (κ2) is 8.74. The number of anilines is 1. The van der Waals surface area contributed by atoms with Crippen LogP contribution in [0.1, 0.15) is 35.8 Å². The molecule has 1 aliphatic rings. The normalized spacial score (nSPS) is 16.5. The third kappa shape index (κ3) is 4.11. The molecule has 0 radical (unpaired) electrons. The van der Waals surface area contributed by atoms with Crippen molar-refractivity contribution in [1.82, 2.24) is 19.7 Å². The predicted molar refractivity (Wildman–Crippen MR) is 112 cm³/mol. The van der Waals surface area contributed by atoms with Crippen LogP contribution in [0.4, 0.5) is 9.52 Å². The molecule has 1 fully saturated rings. The molecule has 156 valence electrons. The first-order valence-corrected chi connectivity index (χ1v) is 10.8.